The van der Waals surface area contributed by atoms with Crippen molar-refractivity contribution in [2.75, 3.05) is 11.9 Å². The van der Waals surface area contributed by atoms with E-state index in [0.29, 0.717) is 10.9 Å². The Balaban J connectivity index is 2.31. The van der Waals surface area contributed by atoms with Crippen LogP contribution >= 0.6 is 0 Å². The first-order chi connectivity index (χ1) is 8.60. The van der Waals surface area contributed by atoms with Crippen molar-refractivity contribution in [2.45, 2.75) is 6.04 Å². The fraction of sp³-hybridized carbons (Fsp3) is 0.182. The number of nitrogens with zero attached hydrogens (tertiary/aromatic N) is 2. The van der Waals surface area contributed by atoms with Gasteiger partial charge in [0.1, 0.15) is 5.82 Å². The molecule has 7 heteroatoms. The average molecular weight is 251 g/mol. The quantitative estimate of drug-likeness (QED) is 0.737. The summed E-state index contributed by atoms with van der Waals surface area (Å²) >= 11 is 0. The molecule has 0 saturated heterocycles. The van der Waals surface area contributed by atoms with Gasteiger partial charge in [0.2, 0.25) is 5.95 Å². The molecule has 3 N–H and O–H groups in total. The number of anilines is 1. The summed E-state index contributed by atoms with van der Waals surface area (Å²) < 4.78 is 13.0. The minimum atomic E-state index is -1.22. The number of halogens is 1. The molecule has 0 aliphatic heterocycles. The molecule has 1 aromatic heterocycles. The molecular weight excluding hydrogens is 241 g/mol. The molecule has 6 nitrogen and oxygen atoms in total. The highest BCUT2D eigenvalue weighted by Gasteiger charge is 2.16. The van der Waals surface area contributed by atoms with Crippen LogP contribution in [-0.2, 0) is 4.79 Å². The molecule has 0 saturated carbocycles. The standard InChI is InChI=1S/C11H10FN3O3/c12-7-2-1-6-4-13-11(14-8(6)3-7)15-9(5-16)10(17)18/h1-4,9,16H,5H2,(H,17,18)(H,13,14,15)/t9-/m0/s1. The lowest BCUT2D eigenvalue weighted by molar-refractivity contribution is -0.138. The van der Waals surface area contributed by atoms with E-state index in [1.807, 2.05) is 0 Å². The van der Waals surface area contributed by atoms with Crippen molar-refractivity contribution in [3.05, 3.63) is 30.2 Å². The minimum Gasteiger partial charge on any atom is -0.480 e. The Hall–Kier alpha value is -2.28. The number of fused-ring (bicyclic) bond motifs is 1. The summed E-state index contributed by atoms with van der Waals surface area (Å²) in [4.78, 5) is 18.6. The highest BCUT2D eigenvalue weighted by Crippen LogP contribution is 2.14. The maximum Gasteiger partial charge on any atom is 0.328 e. The summed E-state index contributed by atoms with van der Waals surface area (Å²) in [6.07, 6.45) is 1.44. The molecule has 0 bridgehead atoms. The van der Waals surface area contributed by atoms with Gasteiger partial charge in [0.25, 0.3) is 0 Å². The van der Waals surface area contributed by atoms with Crippen LogP contribution in [-0.4, -0.2) is 38.8 Å². The SMILES string of the molecule is O=C(O)[C@H](CO)Nc1ncc2ccc(F)cc2n1. The monoisotopic (exact) mass is 251 g/mol. The Morgan fingerprint density at radius 3 is 2.94 bits per heavy atom. The Morgan fingerprint density at radius 1 is 1.50 bits per heavy atom. The van der Waals surface area contributed by atoms with Crippen LogP contribution < -0.4 is 5.32 Å². The van der Waals surface area contributed by atoms with E-state index in [9.17, 15) is 9.18 Å². The highest BCUT2D eigenvalue weighted by molar-refractivity contribution is 5.80. The first-order valence-corrected chi connectivity index (χ1v) is 5.12. The third-order valence-corrected chi connectivity index (χ3v) is 2.33. The number of aliphatic carboxylic acids is 1. The Morgan fingerprint density at radius 2 is 2.28 bits per heavy atom. The van der Waals surface area contributed by atoms with Crippen molar-refractivity contribution in [3.63, 3.8) is 0 Å². The molecule has 1 aromatic carbocycles. The lowest BCUT2D eigenvalue weighted by Gasteiger charge is -2.11. The number of nitrogens with one attached hydrogen (secondary N) is 1. The summed E-state index contributed by atoms with van der Waals surface area (Å²) in [5, 5.41) is 20.7. The van der Waals surface area contributed by atoms with E-state index in [1.54, 1.807) is 0 Å². The number of carboxylic acid groups (broad SMARTS) is 1. The summed E-state index contributed by atoms with van der Waals surface area (Å²) in [6, 6.07) is 2.83. The van der Waals surface area contributed by atoms with Crippen LogP contribution in [0.3, 0.4) is 0 Å². The smallest absolute Gasteiger partial charge is 0.328 e. The minimum absolute atomic E-state index is 0.0227. The molecule has 2 aromatic rings. The highest BCUT2D eigenvalue weighted by atomic mass is 19.1. The molecule has 94 valence electrons. The Kier molecular flexibility index (Phi) is 3.33. The molecular formula is C11H10FN3O3. The van der Waals surface area contributed by atoms with Crippen LogP contribution in [0.1, 0.15) is 0 Å². The number of rotatable bonds is 4. The van der Waals surface area contributed by atoms with Gasteiger partial charge in [0, 0.05) is 17.6 Å². The molecule has 0 spiro atoms. The molecule has 0 aliphatic rings. The number of aliphatic hydroxyl groups is 1. The van der Waals surface area contributed by atoms with Crippen LogP contribution in [0.15, 0.2) is 24.4 Å². The number of benzene rings is 1. The van der Waals surface area contributed by atoms with Gasteiger partial charge in [-0.15, -0.1) is 0 Å². The lowest BCUT2D eigenvalue weighted by atomic mass is 10.2. The molecule has 1 heterocycles. The zero-order valence-electron chi connectivity index (χ0n) is 9.17. The zero-order chi connectivity index (χ0) is 13.1. The zero-order valence-corrected chi connectivity index (χ0v) is 9.17. The van der Waals surface area contributed by atoms with E-state index >= 15 is 0 Å². The number of carboxylic acids is 1. The predicted molar refractivity (Wildman–Crippen MR) is 61.6 cm³/mol. The Labute approximate surface area is 101 Å². The number of aromatic nitrogens is 2. The van der Waals surface area contributed by atoms with Crippen molar-refractivity contribution < 1.29 is 19.4 Å². The molecule has 1 atom stereocenters. The molecule has 2 rings (SSSR count). The third-order valence-electron chi connectivity index (χ3n) is 2.33. The fourth-order valence-corrected chi connectivity index (χ4v) is 1.41. The van der Waals surface area contributed by atoms with Crippen LogP contribution in [0.2, 0.25) is 0 Å². The van der Waals surface area contributed by atoms with Gasteiger partial charge in [0.15, 0.2) is 6.04 Å². The van der Waals surface area contributed by atoms with Crippen molar-refractivity contribution in [1.82, 2.24) is 9.97 Å². The predicted octanol–water partition coefficient (Wildman–Crippen LogP) is 0.626. The molecule has 0 fully saturated rings. The third kappa shape index (κ3) is 2.51. The van der Waals surface area contributed by atoms with Gasteiger partial charge in [-0.3, -0.25) is 0 Å². The maximum absolute atomic E-state index is 13.0. The topological polar surface area (TPSA) is 95.3 Å². The number of aliphatic hydroxyl groups excluding tert-OH is 1. The van der Waals surface area contributed by atoms with Crippen LogP contribution in [0.4, 0.5) is 10.3 Å². The van der Waals surface area contributed by atoms with Crippen molar-refractivity contribution in [3.8, 4) is 0 Å². The molecule has 0 aliphatic carbocycles. The van der Waals surface area contributed by atoms with Crippen molar-refractivity contribution in [2.24, 2.45) is 0 Å². The van der Waals surface area contributed by atoms with Crippen LogP contribution in [0, 0.1) is 5.82 Å². The first-order valence-electron chi connectivity index (χ1n) is 5.12. The summed E-state index contributed by atoms with van der Waals surface area (Å²) in [7, 11) is 0. The Bertz CT molecular complexity index is 591. The van der Waals surface area contributed by atoms with Crippen LogP contribution in [0.25, 0.3) is 10.9 Å². The van der Waals surface area contributed by atoms with Crippen molar-refractivity contribution >= 4 is 22.8 Å². The van der Waals surface area contributed by atoms with Gasteiger partial charge in [-0.2, -0.15) is 0 Å². The lowest BCUT2D eigenvalue weighted by Crippen LogP contribution is -2.33. The number of hydrogen-bond acceptors (Lipinski definition) is 5. The average Bonchev–Trinajstić information content (AvgIpc) is 2.35. The first kappa shape index (κ1) is 12.2. The van der Waals surface area contributed by atoms with Gasteiger partial charge in [0.05, 0.1) is 12.1 Å². The second-order valence-corrected chi connectivity index (χ2v) is 3.61. The summed E-state index contributed by atoms with van der Waals surface area (Å²) in [5.41, 5.74) is 0.356. The largest absolute Gasteiger partial charge is 0.480 e. The van der Waals surface area contributed by atoms with Gasteiger partial charge in [-0.05, 0) is 12.1 Å². The van der Waals surface area contributed by atoms with Gasteiger partial charge < -0.3 is 15.5 Å². The second kappa shape index (κ2) is 4.92. The molecule has 18 heavy (non-hydrogen) atoms. The van der Waals surface area contributed by atoms with Gasteiger partial charge in [-0.25, -0.2) is 19.2 Å². The molecule has 0 radical (unpaired) electrons. The van der Waals surface area contributed by atoms with E-state index in [0.717, 1.165) is 0 Å². The van der Waals surface area contributed by atoms with E-state index < -0.39 is 24.4 Å². The van der Waals surface area contributed by atoms with E-state index in [2.05, 4.69) is 15.3 Å². The molecule has 0 unspecified atom stereocenters. The number of hydrogen-bond donors (Lipinski definition) is 3. The van der Waals surface area contributed by atoms with E-state index in [-0.39, 0.29) is 5.95 Å². The fourth-order valence-electron chi connectivity index (χ4n) is 1.41. The van der Waals surface area contributed by atoms with Gasteiger partial charge in [-0.1, -0.05) is 0 Å². The maximum atomic E-state index is 13.0. The van der Waals surface area contributed by atoms with Gasteiger partial charge >= 0.3 is 5.97 Å². The second-order valence-electron chi connectivity index (χ2n) is 3.61. The van der Waals surface area contributed by atoms with Crippen LogP contribution in [0.5, 0.6) is 0 Å². The van der Waals surface area contributed by atoms with Crippen molar-refractivity contribution in [1.29, 1.82) is 0 Å². The molecule has 0 amide bonds. The normalized spacial score (nSPS) is 12.3. The summed E-state index contributed by atoms with van der Waals surface area (Å²) in [6.45, 7) is -0.597. The number of carbonyl (C=O) groups is 1. The van der Waals surface area contributed by atoms with E-state index in [1.165, 1.54) is 24.4 Å². The van der Waals surface area contributed by atoms with E-state index in [4.69, 9.17) is 10.2 Å². The summed E-state index contributed by atoms with van der Waals surface area (Å²) in [5.74, 6) is -1.64.